The van der Waals surface area contributed by atoms with E-state index in [4.69, 9.17) is 9.15 Å². The second-order valence-electron chi connectivity index (χ2n) is 5.45. The van der Waals surface area contributed by atoms with Crippen molar-refractivity contribution in [2.45, 2.75) is 20.3 Å². The first-order valence-corrected chi connectivity index (χ1v) is 8.62. The molecule has 0 fully saturated rings. The van der Waals surface area contributed by atoms with Crippen molar-refractivity contribution in [3.8, 4) is 16.3 Å². The van der Waals surface area contributed by atoms with Crippen LogP contribution in [0.3, 0.4) is 0 Å². The molecule has 0 saturated heterocycles. The summed E-state index contributed by atoms with van der Waals surface area (Å²) in [6.07, 6.45) is 2.06. The SMILES string of the molecule is CCc1cc2c(=O)c(-c3nc(C)cs3)coc2cc1OCC(=O)OC. The smallest absolute Gasteiger partial charge is 0.343 e. The van der Waals surface area contributed by atoms with Crippen LogP contribution in [0, 0.1) is 6.92 Å². The molecule has 0 atom stereocenters. The van der Waals surface area contributed by atoms with Crippen molar-refractivity contribution >= 4 is 28.3 Å². The van der Waals surface area contributed by atoms with E-state index < -0.39 is 5.97 Å². The third kappa shape index (κ3) is 3.41. The van der Waals surface area contributed by atoms with Crippen molar-refractivity contribution in [1.29, 1.82) is 0 Å². The molecule has 130 valence electrons. The molecule has 0 bridgehead atoms. The molecule has 2 heterocycles. The van der Waals surface area contributed by atoms with E-state index in [0.29, 0.717) is 33.7 Å². The predicted molar refractivity (Wildman–Crippen MR) is 95.2 cm³/mol. The van der Waals surface area contributed by atoms with Gasteiger partial charge in [0.05, 0.1) is 18.1 Å². The first-order valence-electron chi connectivity index (χ1n) is 7.74. The van der Waals surface area contributed by atoms with Gasteiger partial charge in [-0.25, -0.2) is 9.78 Å². The molecule has 6 nitrogen and oxygen atoms in total. The average Bonchev–Trinajstić information content (AvgIpc) is 3.05. The molecule has 3 rings (SSSR count). The van der Waals surface area contributed by atoms with Crippen molar-refractivity contribution in [2.24, 2.45) is 0 Å². The number of hydrogen-bond donors (Lipinski definition) is 0. The van der Waals surface area contributed by atoms with E-state index in [-0.39, 0.29) is 12.0 Å². The van der Waals surface area contributed by atoms with Crippen LogP contribution in [0.2, 0.25) is 0 Å². The number of benzene rings is 1. The molecular weight excluding hydrogens is 342 g/mol. The number of methoxy groups -OCH3 is 1. The van der Waals surface area contributed by atoms with Crippen LogP contribution in [0.4, 0.5) is 0 Å². The number of thiazole rings is 1. The van der Waals surface area contributed by atoms with Gasteiger partial charge in [0.15, 0.2) is 6.61 Å². The summed E-state index contributed by atoms with van der Waals surface area (Å²) in [6.45, 7) is 3.63. The Morgan fingerprint density at radius 3 is 2.80 bits per heavy atom. The van der Waals surface area contributed by atoms with Crippen molar-refractivity contribution in [1.82, 2.24) is 4.98 Å². The van der Waals surface area contributed by atoms with Gasteiger partial charge in [0, 0.05) is 17.1 Å². The highest BCUT2D eigenvalue weighted by molar-refractivity contribution is 7.13. The van der Waals surface area contributed by atoms with Crippen molar-refractivity contribution in [3.05, 3.63) is 45.3 Å². The number of fused-ring (bicyclic) bond motifs is 1. The van der Waals surface area contributed by atoms with E-state index in [1.165, 1.54) is 24.7 Å². The molecule has 0 amide bonds. The van der Waals surface area contributed by atoms with E-state index in [2.05, 4.69) is 9.72 Å². The van der Waals surface area contributed by atoms with Gasteiger partial charge in [-0.3, -0.25) is 4.79 Å². The van der Waals surface area contributed by atoms with Crippen LogP contribution in [0.5, 0.6) is 5.75 Å². The molecule has 0 aliphatic heterocycles. The summed E-state index contributed by atoms with van der Waals surface area (Å²) < 4.78 is 15.7. The zero-order valence-corrected chi connectivity index (χ0v) is 14.9. The fourth-order valence-electron chi connectivity index (χ4n) is 2.43. The molecule has 0 unspecified atom stereocenters. The Balaban J connectivity index is 2.07. The maximum absolute atomic E-state index is 12.8. The Labute approximate surface area is 148 Å². The molecule has 0 aliphatic carbocycles. The van der Waals surface area contributed by atoms with Gasteiger partial charge in [0.1, 0.15) is 22.6 Å². The minimum Gasteiger partial charge on any atom is -0.481 e. The molecule has 0 spiro atoms. The fraction of sp³-hybridized carbons (Fsp3) is 0.278. The molecule has 2 aromatic heterocycles. The number of aryl methyl sites for hydroxylation is 2. The zero-order valence-electron chi connectivity index (χ0n) is 14.1. The number of ether oxygens (including phenoxy) is 2. The first-order chi connectivity index (χ1) is 12.0. The van der Waals surface area contributed by atoms with Crippen LogP contribution >= 0.6 is 11.3 Å². The lowest BCUT2D eigenvalue weighted by Crippen LogP contribution is -2.13. The topological polar surface area (TPSA) is 78.6 Å². The Kier molecular flexibility index (Phi) is 4.85. The summed E-state index contributed by atoms with van der Waals surface area (Å²) in [6, 6.07) is 3.38. The predicted octanol–water partition coefficient (Wildman–Crippen LogP) is 3.34. The van der Waals surface area contributed by atoms with Crippen molar-refractivity contribution in [3.63, 3.8) is 0 Å². The molecule has 1 aromatic carbocycles. The van der Waals surface area contributed by atoms with Gasteiger partial charge in [0.25, 0.3) is 0 Å². The molecule has 0 radical (unpaired) electrons. The summed E-state index contributed by atoms with van der Waals surface area (Å²) >= 11 is 1.41. The second kappa shape index (κ2) is 7.06. The van der Waals surface area contributed by atoms with Crippen LogP contribution in [-0.2, 0) is 16.0 Å². The quantitative estimate of drug-likeness (QED) is 0.650. The number of hydrogen-bond acceptors (Lipinski definition) is 7. The van der Waals surface area contributed by atoms with Crippen molar-refractivity contribution in [2.75, 3.05) is 13.7 Å². The maximum Gasteiger partial charge on any atom is 0.343 e. The highest BCUT2D eigenvalue weighted by atomic mass is 32.1. The monoisotopic (exact) mass is 359 g/mol. The normalized spacial score (nSPS) is 10.8. The van der Waals surface area contributed by atoms with Crippen LogP contribution in [0.25, 0.3) is 21.5 Å². The van der Waals surface area contributed by atoms with Crippen LogP contribution in [0.1, 0.15) is 18.2 Å². The number of esters is 1. The molecule has 7 heteroatoms. The number of carbonyl (C=O) groups excluding carboxylic acids is 1. The maximum atomic E-state index is 12.8. The molecule has 0 saturated carbocycles. The van der Waals surface area contributed by atoms with E-state index in [0.717, 1.165) is 11.3 Å². The molecule has 25 heavy (non-hydrogen) atoms. The summed E-state index contributed by atoms with van der Waals surface area (Å²) in [4.78, 5) is 28.5. The lowest BCUT2D eigenvalue weighted by Gasteiger charge is -2.11. The Bertz CT molecular complexity index is 989. The van der Waals surface area contributed by atoms with Crippen LogP contribution in [-0.4, -0.2) is 24.7 Å². The van der Waals surface area contributed by atoms with Gasteiger partial charge < -0.3 is 13.9 Å². The fourth-order valence-corrected chi connectivity index (χ4v) is 3.23. The highest BCUT2D eigenvalue weighted by Crippen LogP contribution is 2.28. The third-order valence-electron chi connectivity index (χ3n) is 3.76. The number of carbonyl (C=O) groups is 1. The summed E-state index contributed by atoms with van der Waals surface area (Å²) in [5.74, 6) is 0.0273. The summed E-state index contributed by atoms with van der Waals surface area (Å²) in [5.41, 5.74) is 2.39. The summed E-state index contributed by atoms with van der Waals surface area (Å²) in [5, 5.41) is 2.99. The van der Waals surface area contributed by atoms with E-state index in [9.17, 15) is 9.59 Å². The first kappa shape index (κ1) is 17.2. The van der Waals surface area contributed by atoms with Gasteiger partial charge in [-0.15, -0.1) is 11.3 Å². The van der Waals surface area contributed by atoms with Gasteiger partial charge in [-0.2, -0.15) is 0 Å². The standard InChI is InChI=1S/C18H17NO5S/c1-4-11-5-12-15(6-14(11)24-8-16(20)22-3)23-7-13(17(12)21)18-19-10(2)9-25-18/h5-7,9H,4,8H2,1-3H3. The molecular formula is C18H17NO5S. The highest BCUT2D eigenvalue weighted by Gasteiger charge is 2.15. The van der Waals surface area contributed by atoms with E-state index in [1.807, 2.05) is 19.2 Å². The molecule has 0 N–H and O–H groups in total. The number of nitrogens with zero attached hydrogens (tertiary/aromatic N) is 1. The minimum atomic E-state index is -0.474. The van der Waals surface area contributed by atoms with Gasteiger partial charge in [-0.05, 0) is 25.0 Å². The van der Waals surface area contributed by atoms with Crippen molar-refractivity contribution < 1.29 is 18.7 Å². The van der Waals surface area contributed by atoms with Gasteiger partial charge in [-0.1, -0.05) is 6.92 Å². The number of aromatic nitrogens is 1. The van der Waals surface area contributed by atoms with Gasteiger partial charge >= 0.3 is 5.97 Å². The largest absolute Gasteiger partial charge is 0.481 e. The Hall–Kier alpha value is -2.67. The minimum absolute atomic E-state index is 0.134. The van der Waals surface area contributed by atoms with Gasteiger partial charge in [0.2, 0.25) is 5.43 Å². The lowest BCUT2D eigenvalue weighted by molar-refractivity contribution is -0.142. The average molecular weight is 359 g/mol. The third-order valence-corrected chi connectivity index (χ3v) is 4.75. The van der Waals surface area contributed by atoms with Crippen LogP contribution < -0.4 is 10.2 Å². The van der Waals surface area contributed by atoms with Crippen LogP contribution in [0.15, 0.2) is 33.0 Å². The Morgan fingerprint density at radius 1 is 1.36 bits per heavy atom. The molecule has 0 aliphatic rings. The van der Waals surface area contributed by atoms with E-state index in [1.54, 1.807) is 12.1 Å². The Morgan fingerprint density at radius 2 is 2.16 bits per heavy atom. The number of rotatable bonds is 5. The zero-order chi connectivity index (χ0) is 18.0. The van der Waals surface area contributed by atoms with E-state index >= 15 is 0 Å². The second-order valence-corrected chi connectivity index (χ2v) is 6.31. The lowest BCUT2D eigenvalue weighted by atomic mass is 10.1. The molecule has 3 aromatic rings. The summed E-state index contributed by atoms with van der Waals surface area (Å²) in [7, 11) is 1.30.